The molecule has 0 atom stereocenters. The number of imidazole rings is 1. The fourth-order valence-electron chi connectivity index (χ4n) is 5.59. The number of aromatic nitrogens is 2. The van der Waals surface area contributed by atoms with Crippen molar-refractivity contribution in [2.45, 2.75) is 71.8 Å². The van der Waals surface area contributed by atoms with Crippen molar-refractivity contribution in [1.82, 2.24) is 19.4 Å². The number of halogens is 1. The van der Waals surface area contributed by atoms with E-state index in [9.17, 15) is 4.79 Å². The van der Waals surface area contributed by atoms with Crippen molar-refractivity contribution in [2.75, 3.05) is 32.7 Å². The first kappa shape index (κ1) is 29.2. The first-order valence-electron chi connectivity index (χ1n) is 14.7. The van der Waals surface area contributed by atoms with Crippen molar-refractivity contribution in [1.29, 1.82) is 0 Å². The molecule has 0 bridgehead atoms. The van der Waals surface area contributed by atoms with Crippen LogP contribution in [0.4, 0.5) is 0 Å². The number of fused-ring (bicyclic) bond motifs is 2. The summed E-state index contributed by atoms with van der Waals surface area (Å²) >= 11 is 0. The van der Waals surface area contributed by atoms with E-state index in [1.165, 1.54) is 32.4 Å². The van der Waals surface area contributed by atoms with Crippen molar-refractivity contribution in [2.24, 2.45) is 0 Å². The van der Waals surface area contributed by atoms with Crippen LogP contribution >= 0.6 is 12.4 Å². The van der Waals surface area contributed by atoms with E-state index in [1.54, 1.807) is 0 Å². The van der Waals surface area contributed by atoms with Gasteiger partial charge in [-0.2, -0.15) is 0 Å². The minimum atomic E-state index is 0. The largest absolute Gasteiger partial charge is 0.453 e. The number of rotatable bonds is 12. The van der Waals surface area contributed by atoms with Gasteiger partial charge in [0.2, 0.25) is 0 Å². The van der Waals surface area contributed by atoms with Crippen LogP contribution in [0.15, 0.2) is 52.9 Å². The van der Waals surface area contributed by atoms with Crippen molar-refractivity contribution >= 4 is 40.3 Å². The summed E-state index contributed by atoms with van der Waals surface area (Å²) in [4.78, 5) is 23.2. The summed E-state index contributed by atoms with van der Waals surface area (Å²) in [6, 6.07) is 16.2. The second kappa shape index (κ2) is 14.0. The molecule has 210 valence electrons. The number of aryl methyl sites for hydroxylation is 1. The summed E-state index contributed by atoms with van der Waals surface area (Å²) in [5.41, 5.74) is 3.53. The average molecular weight is 551 g/mol. The van der Waals surface area contributed by atoms with Crippen LogP contribution < -0.4 is 0 Å². The Morgan fingerprint density at radius 2 is 1.67 bits per heavy atom. The van der Waals surface area contributed by atoms with E-state index in [0.29, 0.717) is 0 Å². The van der Waals surface area contributed by atoms with Crippen LogP contribution in [0.1, 0.15) is 75.6 Å². The van der Waals surface area contributed by atoms with Gasteiger partial charge in [-0.25, -0.2) is 4.98 Å². The maximum absolute atomic E-state index is 13.6. The van der Waals surface area contributed by atoms with Crippen LogP contribution in [-0.2, 0) is 6.54 Å². The van der Waals surface area contributed by atoms with Gasteiger partial charge in [-0.15, -0.1) is 12.4 Å². The van der Waals surface area contributed by atoms with E-state index in [0.717, 1.165) is 97.4 Å². The van der Waals surface area contributed by atoms with Gasteiger partial charge in [0, 0.05) is 30.6 Å². The lowest BCUT2D eigenvalue weighted by Crippen LogP contribution is -2.33. The first-order chi connectivity index (χ1) is 18.7. The second-order valence-electron chi connectivity index (χ2n) is 10.7. The number of furan rings is 1. The minimum absolute atomic E-state index is 0. The molecule has 1 saturated heterocycles. The zero-order chi connectivity index (χ0) is 26.3. The molecule has 1 aliphatic rings. The van der Waals surface area contributed by atoms with Gasteiger partial charge in [-0.05, 0) is 82.1 Å². The Labute approximate surface area is 238 Å². The number of amides is 1. The van der Waals surface area contributed by atoms with Crippen molar-refractivity contribution in [3.63, 3.8) is 0 Å². The second-order valence-corrected chi connectivity index (χ2v) is 10.7. The zero-order valence-corrected chi connectivity index (χ0v) is 24.3. The smallest absolute Gasteiger partial charge is 0.253 e. The highest BCUT2D eigenvalue weighted by molar-refractivity contribution is 5.98. The van der Waals surface area contributed by atoms with Crippen molar-refractivity contribution in [3.05, 3.63) is 54.1 Å². The Hall–Kier alpha value is -2.83. The monoisotopic (exact) mass is 550 g/mol. The molecule has 1 fully saturated rings. The summed E-state index contributed by atoms with van der Waals surface area (Å²) in [5, 5.41) is 1.08. The number of nitrogens with zero attached hydrogens (tertiary/aromatic N) is 4. The van der Waals surface area contributed by atoms with Crippen LogP contribution in [0.5, 0.6) is 0 Å². The van der Waals surface area contributed by atoms with Crippen LogP contribution in [-0.4, -0.2) is 58.0 Å². The molecule has 7 heteroatoms. The minimum Gasteiger partial charge on any atom is -0.453 e. The number of hydrogen-bond acceptors (Lipinski definition) is 4. The number of hydrogen-bond donors (Lipinski definition) is 0. The summed E-state index contributed by atoms with van der Waals surface area (Å²) in [6.45, 7) is 10.3. The maximum Gasteiger partial charge on any atom is 0.253 e. The van der Waals surface area contributed by atoms with Crippen LogP contribution in [0.3, 0.4) is 0 Å². The van der Waals surface area contributed by atoms with E-state index in [2.05, 4.69) is 41.5 Å². The number of likely N-dealkylation sites (tertiary alicyclic amines) is 1. The molecule has 1 aliphatic heterocycles. The number of benzene rings is 2. The molecule has 2 aromatic carbocycles. The number of unbranched alkanes of at least 4 members (excludes halogenated alkanes) is 2. The molecule has 0 aliphatic carbocycles. The Morgan fingerprint density at radius 3 is 2.38 bits per heavy atom. The molecule has 0 saturated carbocycles. The predicted molar refractivity (Wildman–Crippen MR) is 163 cm³/mol. The molecule has 5 rings (SSSR count). The average Bonchev–Trinajstić information content (AvgIpc) is 3.54. The van der Waals surface area contributed by atoms with E-state index in [1.807, 2.05) is 35.2 Å². The third kappa shape index (κ3) is 6.85. The molecule has 3 heterocycles. The molecule has 0 N–H and O–H groups in total. The molecule has 0 radical (unpaired) electrons. The van der Waals surface area contributed by atoms with Crippen LogP contribution in [0, 0.1) is 0 Å². The standard InChI is InChI=1S/C32H42N4O2.ClH/c1-3-5-20-35(21-6-4-2)32(37)26-15-16-27-28(23-26)36(22-12-19-34-17-10-7-11-18-34)31(33-27)30-24-25-13-8-9-14-29(25)38-30;/h8-9,13-16,23-24H,3-7,10-12,17-22H2,1-2H3;1H. The molecule has 0 spiro atoms. The number of carbonyl (C=O) groups is 1. The molecule has 0 unspecified atom stereocenters. The summed E-state index contributed by atoms with van der Waals surface area (Å²) in [6.07, 6.45) is 9.22. The van der Waals surface area contributed by atoms with Gasteiger partial charge in [-0.1, -0.05) is 51.3 Å². The molecular formula is C32H43ClN4O2. The Balaban J connectivity index is 0.00000353. The number of carbonyl (C=O) groups excluding carboxylic acids is 1. The molecule has 2 aromatic heterocycles. The number of para-hydroxylation sites is 1. The molecule has 6 nitrogen and oxygen atoms in total. The number of piperidine rings is 1. The summed E-state index contributed by atoms with van der Waals surface area (Å²) < 4.78 is 8.53. The van der Waals surface area contributed by atoms with Crippen molar-refractivity contribution < 1.29 is 9.21 Å². The fraction of sp³-hybridized carbons (Fsp3) is 0.500. The third-order valence-corrected chi connectivity index (χ3v) is 7.80. The van der Waals surface area contributed by atoms with Gasteiger partial charge >= 0.3 is 0 Å². The van der Waals surface area contributed by atoms with E-state index in [-0.39, 0.29) is 18.3 Å². The topological polar surface area (TPSA) is 54.5 Å². The van der Waals surface area contributed by atoms with Crippen molar-refractivity contribution in [3.8, 4) is 11.6 Å². The van der Waals surface area contributed by atoms with E-state index in [4.69, 9.17) is 9.40 Å². The summed E-state index contributed by atoms with van der Waals surface area (Å²) in [7, 11) is 0. The van der Waals surface area contributed by atoms with E-state index >= 15 is 0 Å². The summed E-state index contributed by atoms with van der Waals surface area (Å²) in [5.74, 6) is 1.74. The Morgan fingerprint density at radius 1 is 0.923 bits per heavy atom. The van der Waals surface area contributed by atoms with Gasteiger partial charge in [0.05, 0.1) is 11.0 Å². The fourth-order valence-corrected chi connectivity index (χ4v) is 5.59. The molecule has 1 amide bonds. The predicted octanol–water partition coefficient (Wildman–Crippen LogP) is 7.79. The van der Waals surface area contributed by atoms with Crippen LogP contribution in [0.2, 0.25) is 0 Å². The molecular weight excluding hydrogens is 508 g/mol. The zero-order valence-electron chi connectivity index (χ0n) is 23.5. The highest BCUT2D eigenvalue weighted by atomic mass is 35.5. The highest BCUT2D eigenvalue weighted by Gasteiger charge is 2.21. The third-order valence-electron chi connectivity index (χ3n) is 7.80. The quantitative estimate of drug-likeness (QED) is 0.181. The van der Waals surface area contributed by atoms with Gasteiger partial charge in [0.1, 0.15) is 5.58 Å². The maximum atomic E-state index is 13.6. The van der Waals surface area contributed by atoms with Crippen LogP contribution in [0.25, 0.3) is 33.6 Å². The van der Waals surface area contributed by atoms with Gasteiger partial charge in [0.15, 0.2) is 11.6 Å². The Bertz CT molecular complexity index is 1310. The first-order valence-corrected chi connectivity index (χ1v) is 14.7. The normalized spacial score (nSPS) is 14.1. The Kier molecular flexibility index (Phi) is 10.5. The molecule has 39 heavy (non-hydrogen) atoms. The van der Waals surface area contributed by atoms with Gasteiger partial charge in [-0.3, -0.25) is 4.79 Å². The lowest BCUT2D eigenvalue weighted by atomic mass is 10.1. The lowest BCUT2D eigenvalue weighted by Gasteiger charge is -2.26. The molecule has 4 aromatic rings. The van der Waals surface area contributed by atoms with E-state index < -0.39 is 0 Å². The van der Waals surface area contributed by atoms with Gasteiger partial charge < -0.3 is 18.8 Å². The SMILES string of the molecule is CCCCN(CCCC)C(=O)c1ccc2nc(-c3cc4ccccc4o3)n(CCCN3CCCCC3)c2c1.Cl. The van der Waals surface area contributed by atoms with Gasteiger partial charge in [0.25, 0.3) is 5.91 Å². The highest BCUT2D eigenvalue weighted by Crippen LogP contribution is 2.31. The lowest BCUT2D eigenvalue weighted by molar-refractivity contribution is 0.0751.